The Morgan fingerprint density at radius 3 is 2.58 bits per heavy atom. The Labute approximate surface area is 74.5 Å². The van der Waals surface area contributed by atoms with Gasteiger partial charge in [-0.05, 0) is 32.7 Å². The van der Waals surface area contributed by atoms with Gasteiger partial charge in [-0.1, -0.05) is 0 Å². The van der Waals surface area contributed by atoms with Crippen LogP contribution in [0.1, 0.15) is 20.3 Å². The summed E-state index contributed by atoms with van der Waals surface area (Å²) in [6.07, 6.45) is 0.792. The summed E-state index contributed by atoms with van der Waals surface area (Å²) in [6, 6.07) is 0.544. The first-order valence-corrected chi connectivity index (χ1v) is 4.77. The fraction of sp³-hybridized carbons (Fsp3) is 1.00. The smallest absolute Gasteiger partial charge is 0.0708 e. The highest BCUT2D eigenvalue weighted by molar-refractivity contribution is 4.85. The van der Waals surface area contributed by atoms with E-state index in [-0.39, 0.29) is 6.10 Å². The zero-order valence-electron chi connectivity index (χ0n) is 8.03. The van der Waals surface area contributed by atoms with Crippen LogP contribution in [-0.4, -0.2) is 41.8 Å². The van der Waals surface area contributed by atoms with E-state index < -0.39 is 0 Å². The second-order valence-corrected chi connectivity index (χ2v) is 3.95. The summed E-state index contributed by atoms with van der Waals surface area (Å²) in [5, 5.41) is 9.64. The Bertz CT molecular complexity index is 138. The molecular weight excluding hydrogens is 152 g/mol. The van der Waals surface area contributed by atoms with Crippen molar-refractivity contribution in [3.8, 4) is 0 Å². The number of hydrogen-bond donors (Lipinski definition) is 2. The van der Waals surface area contributed by atoms with Gasteiger partial charge in [0.25, 0.3) is 0 Å². The van der Waals surface area contributed by atoms with Crippen molar-refractivity contribution in [1.82, 2.24) is 4.90 Å². The third kappa shape index (κ3) is 2.19. The summed E-state index contributed by atoms with van der Waals surface area (Å²) in [5.74, 6) is 0.400. The quantitative estimate of drug-likeness (QED) is 0.632. The summed E-state index contributed by atoms with van der Waals surface area (Å²) in [6.45, 7) is 6.85. The van der Waals surface area contributed by atoms with Gasteiger partial charge in [0.15, 0.2) is 0 Å². The van der Waals surface area contributed by atoms with Crippen molar-refractivity contribution >= 4 is 0 Å². The molecule has 1 aliphatic rings. The van der Waals surface area contributed by atoms with Gasteiger partial charge < -0.3 is 10.8 Å². The maximum atomic E-state index is 9.64. The van der Waals surface area contributed by atoms with E-state index in [2.05, 4.69) is 18.7 Å². The Morgan fingerprint density at radius 1 is 1.50 bits per heavy atom. The number of hydrogen-bond acceptors (Lipinski definition) is 3. The average molecular weight is 172 g/mol. The highest BCUT2D eigenvalue weighted by atomic mass is 16.3. The Morgan fingerprint density at radius 2 is 2.17 bits per heavy atom. The van der Waals surface area contributed by atoms with Crippen molar-refractivity contribution in [2.45, 2.75) is 32.4 Å². The van der Waals surface area contributed by atoms with E-state index >= 15 is 0 Å². The molecular formula is C9H20N2O. The van der Waals surface area contributed by atoms with E-state index in [1.54, 1.807) is 0 Å². The van der Waals surface area contributed by atoms with Gasteiger partial charge in [0, 0.05) is 19.1 Å². The van der Waals surface area contributed by atoms with Crippen molar-refractivity contribution in [2.24, 2.45) is 11.7 Å². The molecule has 0 aromatic heterocycles. The number of nitrogens with two attached hydrogens (primary N) is 1. The first kappa shape index (κ1) is 9.96. The minimum atomic E-state index is -0.157. The van der Waals surface area contributed by atoms with Crippen LogP contribution in [-0.2, 0) is 0 Å². The van der Waals surface area contributed by atoms with Crippen LogP contribution in [0.25, 0.3) is 0 Å². The van der Waals surface area contributed by atoms with Crippen LogP contribution in [0.15, 0.2) is 0 Å². The molecule has 2 atom stereocenters. The van der Waals surface area contributed by atoms with Crippen molar-refractivity contribution in [1.29, 1.82) is 0 Å². The second kappa shape index (κ2) is 4.21. The molecule has 3 heteroatoms. The van der Waals surface area contributed by atoms with Gasteiger partial charge in [0.2, 0.25) is 0 Å². The Balaban J connectivity index is 2.39. The van der Waals surface area contributed by atoms with Crippen LogP contribution in [0.4, 0.5) is 0 Å². The first-order valence-electron chi connectivity index (χ1n) is 4.77. The molecule has 12 heavy (non-hydrogen) atoms. The van der Waals surface area contributed by atoms with E-state index in [0.29, 0.717) is 18.5 Å². The van der Waals surface area contributed by atoms with Crippen molar-refractivity contribution < 1.29 is 5.11 Å². The van der Waals surface area contributed by atoms with Crippen molar-refractivity contribution in [3.63, 3.8) is 0 Å². The summed E-state index contributed by atoms with van der Waals surface area (Å²) in [4.78, 5) is 2.31. The average Bonchev–Trinajstić information content (AvgIpc) is 2.34. The van der Waals surface area contributed by atoms with Gasteiger partial charge in [-0.3, -0.25) is 4.90 Å². The highest BCUT2D eigenvalue weighted by Gasteiger charge is 2.31. The van der Waals surface area contributed by atoms with Gasteiger partial charge in [0.05, 0.1) is 6.10 Å². The molecule has 0 aromatic carbocycles. The van der Waals surface area contributed by atoms with E-state index in [1.807, 2.05) is 0 Å². The number of aliphatic hydroxyl groups excluding tert-OH is 1. The second-order valence-electron chi connectivity index (χ2n) is 3.95. The molecule has 0 spiro atoms. The number of β-amino-alcohol motifs (C(OH)–C–C–N with tert-alkyl or cyclic N) is 1. The van der Waals surface area contributed by atoms with Gasteiger partial charge in [-0.2, -0.15) is 0 Å². The predicted molar refractivity (Wildman–Crippen MR) is 49.9 cm³/mol. The topological polar surface area (TPSA) is 49.5 Å². The molecule has 1 rings (SSSR count). The van der Waals surface area contributed by atoms with E-state index in [0.717, 1.165) is 19.5 Å². The summed E-state index contributed by atoms with van der Waals surface area (Å²) in [5.41, 5.74) is 5.46. The summed E-state index contributed by atoms with van der Waals surface area (Å²) in [7, 11) is 0. The fourth-order valence-corrected chi connectivity index (χ4v) is 1.81. The van der Waals surface area contributed by atoms with Crippen LogP contribution in [0.3, 0.4) is 0 Å². The monoisotopic (exact) mass is 172 g/mol. The Kier molecular flexibility index (Phi) is 3.50. The third-order valence-electron chi connectivity index (χ3n) is 2.70. The van der Waals surface area contributed by atoms with Crippen LogP contribution < -0.4 is 5.73 Å². The molecule has 2 unspecified atom stereocenters. The standard InChI is InChI=1S/C9H20N2O/c1-7(2)11-5-8(3-4-10)9(12)6-11/h7-9,12H,3-6,10H2,1-2H3. The lowest BCUT2D eigenvalue weighted by Crippen LogP contribution is -2.29. The molecule has 72 valence electrons. The first-order chi connectivity index (χ1) is 5.65. The van der Waals surface area contributed by atoms with Gasteiger partial charge in [-0.25, -0.2) is 0 Å². The molecule has 1 saturated heterocycles. The highest BCUT2D eigenvalue weighted by Crippen LogP contribution is 2.21. The maximum absolute atomic E-state index is 9.64. The van der Waals surface area contributed by atoms with Gasteiger partial charge >= 0.3 is 0 Å². The molecule has 0 amide bonds. The van der Waals surface area contributed by atoms with E-state index in [1.165, 1.54) is 0 Å². The lowest BCUT2D eigenvalue weighted by Gasteiger charge is -2.19. The summed E-state index contributed by atoms with van der Waals surface area (Å²) < 4.78 is 0. The molecule has 0 radical (unpaired) electrons. The zero-order valence-corrected chi connectivity index (χ0v) is 8.03. The molecule has 1 heterocycles. The number of rotatable bonds is 3. The maximum Gasteiger partial charge on any atom is 0.0708 e. The van der Waals surface area contributed by atoms with Crippen molar-refractivity contribution in [3.05, 3.63) is 0 Å². The van der Waals surface area contributed by atoms with Crippen molar-refractivity contribution in [2.75, 3.05) is 19.6 Å². The van der Waals surface area contributed by atoms with Crippen LogP contribution in [0, 0.1) is 5.92 Å². The van der Waals surface area contributed by atoms with Gasteiger partial charge in [0.1, 0.15) is 0 Å². The minimum absolute atomic E-state index is 0.157. The van der Waals surface area contributed by atoms with E-state index in [9.17, 15) is 5.11 Å². The number of nitrogens with zero attached hydrogens (tertiary/aromatic N) is 1. The molecule has 3 N–H and O–H groups in total. The van der Waals surface area contributed by atoms with Crippen LogP contribution in [0.2, 0.25) is 0 Å². The number of likely N-dealkylation sites (tertiary alicyclic amines) is 1. The molecule has 0 saturated carbocycles. The molecule has 0 bridgehead atoms. The van der Waals surface area contributed by atoms with E-state index in [4.69, 9.17) is 5.73 Å². The molecule has 0 aromatic rings. The Hall–Kier alpha value is -0.120. The molecule has 1 fully saturated rings. The third-order valence-corrected chi connectivity index (χ3v) is 2.70. The number of aliphatic hydroxyl groups is 1. The molecule has 1 aliphatic heterocycles. The summed E-state index contributed by atoms with van der Waals surface area (Å²) >= 11 is 0. The predicted octanol–water partition coefficient (Wildman–Crippen LogP) is 0.0363. The molecule has 0 aliphatic carbocycles. The fourth-order valence-electron chi connectivity index (χ4n) is 1.81. The zero-order chi connectivity index (χ0) is 9.14. The molecule has 3 nitrogen and oxygen atoms in total. The van der Waals surface area contributed by atoms with Gasteiger partial charge in [-0.15, -0.1) is 0 Å². The largest absolute Gasteiger partial charge is 0.391 e. The SMILES string of the molecule is CC(C)N1CC(O)C(CCN)C1. The lowest BCUT2D eigenvalue weighted by molar-refractivity contribution is 0.136. The van der Waals surface area contributed by atoms with Crippen LogP contribution in [0.5, 0.6) is 0 Å². The normalized spacial score (nSPS) is 31.8. The minimum Gasteiger partial charge on any atom is -0.391 e. The van der Waals surface area contributed by atoms with Crippen LogP contribution >= 0.6 is 0 Å². The lowest BCUT2D eigenvalue weighted by atomic mass is 10.0.